The number of nitrogens with two attached hydrogens (primary N) is 1. The minimum atomic E-state index is -0.232. The van der Waals surface area contributed by atoms with Gasteiger partial charge in [0.25, 0.3) is 0 Å². The second kappa shape index (κ2) is 5.56. The molecule has 2 atom stereocenters. The molecule has 0 amide bonds. The van der Waals surface area contributed by atoms with Crippen molar-refractivity contribution in [1.82, 2.24) is 4.90 Å². The predicted octanol–water partition coefficient (Wildman–Crippen LogP) is 1.72. The molecule has 0 spiro atoms. The molecule has 5 nitrogen and oxygen atoms in total. The van der Waals surface area contributed by atoms with Gasteiger partial charge in [0.15, 0.2) is 5.96 Å². The number of aliphatic imine (C=N–C) groups is 1. The fourth-order valence-corrected chi connectivity index (χ4v) is 3.15. The van der Waals surface area contributed by atoms with Gasteiger partial charge in [-0.3, -0.25) is 4.99 Å². The number of hydrogen-bond acceptors (Lipinski definition) is 5. The minimum Gasteiger partial charge on any atom is -0.497 e. The van der Waals surface area contributed by atoms with Crippen LogP contribution in [0, 0.1) is 0 Å². The quantitative estimate of drug-likeness (QED) is 0.917. The molecule has 2 unspecified atom stereocenters. The van der Waals surface area contributed by atoms with Crippen LogP contribution < -0.4 is 10.5 Å². The SMILES string of the molecule is COc1cccc(C2(C)CN=C(N)N2CC2CCCO2)c1. The van der Waals surface area contributed by atoms with Crippen molar-refractivity contribution in [1.29, 1.82) is 0 Å². The predicted molar refractivity (Wildman–Crippen MR) is 82.5 cm³/mol. The average molecular weight is 289 g/mol. The maximum Gasteiger partial charge on any atom is 0.192 e. The van der Waals surface area contributed by atoms with Gasteiger partial charge in [0, 0.05) is 13.2 Å². The van der Waals surface area contributed by atoms with E-state index in [1.54, 1.807) is 7.11 Å². The summed E-state index contributed by atoms with van der Waals surface area (Å²) in [5.74, 6) is 1.46. The number of guanidine groups is 1. The van der Waals surface area contributed by atoms with E-state index >= 15 is 0 Å². The van der Waals surface area contributed by atoms with Crippen molar-refractivity contribution in [3.63, 3.8) is 0 Å². The van der Waals surface area contributed by atoms with Crippen molar-refractivity contribution < 1.29 is 9.47 Å². The van der Waals surface area contributed by atoms with Crippen molar-refractivity contribution in [2.24, 2.45) is 10.7 Å². The van der Waals surface area contributed by atoms with Gasteiger partial charge in [0.2, 0.25) is 0 Å². The molecule has 2 heterocycles. The molecule has 3 rings (SSSR count). The number of rotatable bonds is 4. The van der Waals surface area contributed by atoms with E-state index < -0.39 is 0 Å². The highest BCUT2D eigenvalue weighted by atomic mass is 16.5. The number of ether oxygens (including phenoxy) is 2. The molecule has 114 valence electrons. The van der Waals surface area contributed by atoms with Crippen LogP contribution in [0.5, 0.6) is 5.75 Å². The van der Waals surface area contributed by atoms with Crippen LogP contribution in [-0.2, 0) is 10.3 Å². The van der Waals surface area contributed by atoms with E-state index in [0.717, 1.165) is 31.7 Å². The van der Waals surface area contributed by atoms with E-state index in [2.05, 4.69) is 28.9 Å². The molecule has 1 saturated heterocycles. The summed E-state index contributed by atoms with van der Waals surface area (Å²) < 4.78 is 11.1. The molecule has 1 fully saturated rings. The molecule has 1 aromatic carbocycles. The summed E-state index contributed by atoms with van der Waals surface area (Å²) in [6.45, 7) is 4.49. The van der Waals surface area contributed by atoms with Crippen molar-refractivity contribution in [2.45, 2.75) is 31.4 Å². The zero-order chi connectivity index (χ0) is 14.9. The highest BCUT2D eigenvalue weighted by molar-refractivity contribution is 5.81. The first-order valence-corrected chi connectivity index (χ1v) is 7.47. The molecule has 0 bridgehead atoms. The Kier molecular flexibility index (Phi) is 3.76. The van der Waals surface area contributed by atoms with E-state index in [1.807, 2.05) is 12.1 Å². The number of benzene rings is 1. The van der Waals surface area contributed by atoms with Crippen LogP contribution in [-0.4, -0.2) is 43.8 Å². The molecule has 0 aliphatic carbocycles. The van der Waals surface area contributed by atoms with Gasteiger partial charge in [-0.1, -0.05) is 12.1 Å². The summed E-state index contributed by atoms with van der Waals surface area (Å²) in [5, 5.41) is 0. The lowest BCUT2D eigenvalue weighted by Crippen LogP contribution is -2.50. The molecule has 1 aromatic rings. The van der Waals surface area contributed by atoms with E-state index in [0.29, 0.717) is 12.5 Å². The molecule has 21 heavy (non-hydrogen) atoms. The molecule has 5 heteroatoms. The smallest absolute Gasteiger partial charge is 0.192 e. The monoisotopic (exact) mass is 289 g/mol. The summed E-state index contributed by atoms with van der Waals surface area (Å²) >= 11 is 0. The fraction of sp³-hybridized carbons (Fsp3) is 0.562. The van der Waals surface area contributed by atoms with Gasteiger partial charge in [-0.25, -0.2) is 0 Å². The van der Waals surface area contributed by atoms with Crippen LogP contribution in [0.2, 0.25) is 0 Å². The Hall–Kier alpha value is -1.75. The van der Waals surface area contributed by atoms with E-state index in [4.69, 9.17) is 15.2 Å². The lowest BCUT2D eigenvalue weighted by Gasteiger charge is -2.38. The van der Waals surface area contributed by atoms with Crippen molar-refractivity contribution in [3.8, 4) is 5.75 Å². The molecule has 0 saturated carbocycles. The Labute approximate surface area is 125 Å². The van der Waals surface area contributed by atoms with Gasteiger partial charge in [-0.05, 0) is 37.5 Å². The summed E-state index contributed by atoms with van der Waals surface area (Å²) in [4.78, 5) is 6.65. The molecule has 2 aliphatic rings. The maximum atomic E-state index is 6.13. The van der Waals surface area contributed by atoms with Crippen LogP contribution in [0.1, 0.15) is 25.3 Å². The first kappa shape index (κ1) is 14.2. The van der Waals surface area contributed by atoms with Crippen LogP contribution in [0.25, 0.3) is 0 Å². The average Bonchev–Trinajstić information content (AvgIpc) is 3.12. The van der Waals surface area contributed by atoms with Gasteiger partial charge >= 0.3 is 0 Å². The number of hydrogen-bond donors (Lipinski definition) is 1. The third kappa shape index (κ3) is 2.58. The van der Waals surface area contributed by atoms with Gasteiger partial charge in [0.05, 0.1) is 25.3 Å². The van der Waals surface area contributed by atoms with E-state index in [-0.39, 0.29) is 11.6 Å². The number of nitrogens with zero attached hydrogens (tertiary/aromatic N) is 2. The molecule has 0 aromatic heterocycles. The Morgan fingerprint density at radius 2 is 2.38 bits per heavy atom. The number of methoxy groups -OCH3 is 1. The highest BCUT2D eigenvalue weighted by Crippen LogP contribution is 2.35. The first-order valence-electron chi connectivity index (χ1n) is 7.47. The molecular weight excluding hydrogens is 266 g/mol. The lowest BCUT2D eigenvalue weighted by atomic mass is 9.90. The van der Waals surface area contributed by atoms with Crippen LogP contribution in [0.4, 0.5) is 0 Å². The largest absolute Gasteiger partial charge is 0.497 e. The van der Waals surface area contributed by atoms with Crippen molar-refractivity contribution in [3.05, 3.63) is 29.8 Å². The second-order valence-corrected chi connectivity index (χ2v) is 5.93. The van der Waals surface area contributed by atoms with Crippen LogP contribution in [0.3, 0.4) is 0 Å². The Bertz CT molecular complexity index is 540. The second-order valence-electron chi connectivity index (χ2n) is 5.93. The van der Waals surface area contributed by atoms with Gasteiger partial charge in [0.1, 0.15) is 5.75 Å². The molecule has 0 radical (unpaired) electrons. The van der Waals surface area contributed by atoms with Crippen molar-refractivity contribution in [2.75, 3.05) is 26.8 Å². The zero-order valence-electron chi connectivity index (χ0n) is 12.7. The Balaban J connectivity index is 1.86. The van der Waals surface area contributed by atoms with Gasteiger partial charge < -0.3 is 20.1 Å². The lowest BCUT2D eigenvalue weighted by molar-refractivity contribution is 0.0690. The third-order valence-electron chi connectivity index (χ3n) is 4.52. The fourth-order valence-electron chi connectivity index (χ4n) is 3.15. The normalized spacial score (nSPS) is 28.8. The van der Waals surface area contributed by atoms with Gasteiger partial charge in [-0.15, -0.1) is 0 Å². The van der Waals surface area contributed by atoms with E-state index in [9.17, 15) is 0 Å². The standard InChI is InChI=1S/C16H23N3O2/c1-16(12-5-3-6-13(9-12)20-2)11-18-15(17)19(16)10-14-7-4-8-21-14/h3,5-6,9,14H,4,7-8,10-11H2,1-2H3,(H2,17,18). The summed E-state index contributed by atoms with van der Waals surface area (Å²) in [6, 6.07) is 8.14. The summed E-state index contributed by atoms with van der Waals surface area (Å²) in [6.07, 6.45) is 2.48. The first-order chi connectivity index (χ1) is 10.1. The maximum absolute atomic E-state index is 6.13. The molecule has 2 aliphatic heterocycles. The molecule has 2 N–H and O–H groups in total. The van der Waals surface area contributed by atoms with Crippen LogP contribution >= 0.6 is 0 Å². The summed E-state index contributed by atoms with van der Waals surface area (Å²) in [5.41, 5.74) is 7.07. The Morgan fingerprint density at radius 3 is 3.10 bits per heavy atom. The zero-order valence-corrected chi connectivity index (χ0v) is 12.7. The van der Waals surface area contributed by atoms with Crippen LogP contribution in [0.15, 0.2) is 29.3 Å². The van der Waals surface area contributed by atoms with Gasteiger partial charge in [-0.2, -0.15) is 0 Å². The topological polar surface area (TPSA) is 60.1 Å². The molecular formula is C16H23N3O2. The Morgan fingerprint density at radius 1 is 1.52 bits per heavy atom. The minimum absolute atomic E-state index is 0.232. The van der Waals surface area contributed by atoms with E-state index in [1.165, 1.54) is 5.56 Å². The highest BCUT2D eigenvalue weighted by Gasteiger charge is 2.41. The third-order valence-corrected chi connectivity index (χ3v) is 4.52. The van der Waals surface area contributed by atoms with Crippen molar-refractivity contribution >= 4 is 5.96 Å². The summed E-state index contributed by atoms with van der Waals surface area (Å²) in [7, 11) is 1.69.